The molecule has 0 radical (unpaired) electrons. The summed E-state index contributed by atoms with van der Waals surface area (Å²) in [6.07, 6.45) is 0. The van der Waals surface area contributed by atoms with Crippen LogP contribution in [-0.4, -0.2) is 24.2 Å². The first-order chi connectivity index (χ1) is 14.1. The molecule has 0 saturated carbocycles. The molecule has 1 aromatic heterocycles. The fourth-order valence-corrected chi connectivity index (χ4v) is 3.66. The number of H-pyrrole nitrogens is 1. The molecule has 29 heavy (non-hydrogen) atoms. The van der Waals surface area contributed by atoms with Crippen LogP contribution in [0.1, 0.15) is 0 Å². The monoisotopic (exact) mass is 512 g/mol. The van der Waals surface area contributed by atoms with Gasteiger partial charge >= 0.3 is 0 Å². The highest BCUT2D eigenvalue weighted by atomic mass is 79.9. The van der Waals surface area contributed by atoms with E-state index in [1.807, 2.05) is 42.5 Å². The van der Waals surface area contributed by atoms with Crippen molar-refractivity contribution in [1.29, 1.82) is 0 Å². The molecule has 4 rings (SSSR count). The normalized spacial score (nSPS) is 10.8. The molecule has 0 spiro atoms. The standard InChI is InChI=1S/C23H18Br2N2O2/c1-28-19-12-7-16(13-20(19)29-2)23-26-21(14-3-8-17(24)9-4-14)22(27-23)15-5-10-18(25)11-6-15/h3-13H,1-2H3,(H,26,27). The third-order valence-corrected chi connectivity index (χ3v) is 5.67. The Labute approximate surface area is 186 Å². The summed E-state index contributed by atoms with van der Waals surface area (Å²) in [5.74, 6) is 2.11. The average molecular weight is 514 g/mol. The maximum absolute atomic E-state index is 5.45. The van der Waals surface area contributed by atoms with Crippen LogP contribution in [0.15, 0.2) is 75.7 Å². The van der Waals surface area contributed by atoms with Crippen LogP contribution in [0.3, 0.4) is 0 Å². The summed E-state index contributed by atoms with van der Waals surface area (Å²) in [7, 11) is 3.26. The lowest BCUT2D eigenvalue weighted by Crippen LogP contribution is -1.91. The quantitative estimate of drug-likeness (QED) is 0.314. The second kappa shape index (κ2) is 8.43. The minimum absolute atomic E-state index is 0.664. The number of nitrogens with zero attached hydrogens (tertiary/aromatic N) is 1. The maximum atomic E-state index is 5.45. The number of aromatic nitrogens is 2. The molecule has 0 unspecified atom stereocenters. The average Bonchev–Trinajstić information content (AvgIpc) is 3.19. The summed E-state index contributed by atoms with van der Waals surface area (Å²) in [5, 5.41) is 0. The number of methoxy groups -OCH3 is 2. The molecule has 0 atom stereocenters. The fraction of sp³-hybridized carbons (Fsp3) is 0.0870. The van der Waals surface area contributed by atoms with Crippen molar-refractivity contribution in [2.24, 2.45) is 0 Å². The lowest BCUT2D eigenvalue weighted by molar-refractivity contribution is 0.355. The summed E-state index contributed by atoms with van der Waals surface area (Å²) < 4.78 is 12.9. The van der Waals surface area contributed by atoms with Crippen LogP contribution in [0.5, 0.6) is 11.5 Å². The molecule has 0 aliphatic carbocycles. The van der Waals surface area contributed by atoms with Gasteiger partial charge in [-0.1, -0.05) is 56.1 Å². The molecule has 4 nitrogen and oxygen atoms in total. The number of rotatable bonds is 5. The number of aromatic amines is 1. The molecule has 0 bridgehead atoms. The first kappa shape index (κ1) is 19.7. The van der Waals surface area contributed by atoms with Gasteiger partial charge in [0.1, 0.15) is 5.82 Å². The summed E-state index contributed by atoms with van der Waals surface area (Å²) >= 11 is 7.01. The highest BCUT2D eigenvalue weighted by Crippen LogP contribution is 2.36. The van der Waals surface area contributed by atoms with Gasteiger partial charge in [-0.2, -0.15) is 0 Å². The molecule has 146 valence electrons. The van der Waals surface area contributed by atoms with Crippen LogP contribution in [0, 0.1) is 0 Å². The van der Waals surface area contributed by atoms with Gasteiger partial charge in [-0.15, -0.1) is 0 Å². The van der Waals surface area contributed by atoms with Crippen LogP contribution in [0.25, 0.3) is 33.9 Å². The summed E-state index contributed by atoms with van der Waals surface area (Å²) in [5.41, 5.74) is 4.87. The second-order valence-corrected chi connectivity index (χ2v) is 8.22. The van der Waals surface area contributed by atoms with Crippen molar-refractivity contribution in [3.05, 3.63) is 75.7 Å². The lowest BCUT2D eigenvalue weighted by atomic mass is 10.1. The summed E-state index contributed by atoms with van der Waals surface area (Å²) in [6.45, 7) is 0. The molecular weight excluding hydrogens is 496 g/mol. The molecule has 0 aliphatic heterocycles. The Hall–Kier alpha value is -2.57. The van der Waals surface area contributed by atoms with E-state index in [-0.39, 0.29) is 0 Å². The Morgan fingerprint density at radius 2 is 1.24 bits per heavy atom. The molecule has 3 aromatic carbocycles. The van der Waals surface area contributed by atoms with Crippen molar-refractivity contribution in [1.82, 2.24) is 9.97 Å². The van der Waals surface area contributed by atoms with Crippen LogP contribution in [0.4, 0.5) is 0 Å². The molecule has 6 heteroatoms. The van der Waals surface area contributed by atoms with Crippen LogP contribution < -0.4 is 9.47 Å². The van der Waals surface area contributed by atoms with Crippen molar-refractivity contribution in [2.45, 2.75) is 0 Å². The van der Waals surface area contributed by atoms with E-state index in [2.05, 4.69) is 61.1 Å². The van der Waals surface area contributed by atoms with Crippen LogP contribution in [0.2, 0.25) is 0 Å². The molecule has 0 fully saturated rings. The SMILES string of the molecule is COc1ccc(-c2nc(-c3ccc(Br)cc3)c(-c3ccc(Br)cc3)[nH]2)cc1OC. The Kier molecular flexibility index (Phi) is 5.74. The van der Waals surface area contributed by atoms with Crippen molar-refractivity contribution in [2.75, 3.05) is 14.2 Å². The number of hydrogen-bond acceptors (Lipinski definition) is 3. The van der Waals surface area contributed by atoms with Crippen LogP contribution >= 0.6 is 31.9 Å². The number of ether oxygens (including phenoxy) is 2. The van der Waals surface area contributed by atoms with E-state index in [4.69, 9.17) is 14.5 Å². The summed E-state index contributed by atoms with van der Waals surface area (Å²) in [4.78, 5) is 8.43. The van der Waals surface area contributed by atoms with E-state index in [0.717, 1.165) is 42.8 Å². The van der Waals surface area contributed by atoms with E-state index in [0.29, 0.717) is 11.5 Å². The Morgan fingerprint density at radius 3 is 1.83 bits per heavy atom. The molecule has 0 saturated heterocycles. The zero-order valence-corrected chi connectivity index (χ0v) is 19.0. The molecule has 1 N–H and O–H groups in total. The van der Waals surface area contributed by atoms with Gasteiger partial charge in [0.15, 0.2) is 11.5 Å². The zero-order valence-electron chi connectivity index (χ0n) is 15.9. The van der Waals surface area contributed by atoms with Gasteiger partial charge in [-0.25, -0.2) is 4.98 Å². The molecular formula is C23H18Br2N2O2. The fourth-order valence-electron chi connectivity index (χ4n) is 3.14. The first-order valence-electron chi connectivity index (χ1n) is 8.93. The van der Waals surface area contributed by atoms with E-state index in [1.165, 1.54) is 0 Å². The topological polar surface area (TPSA) is 47.1 Å². The highest BCUT2D eigenvalue weighted by molar-refractivity contribution is 9.10. The van der Waals surface area contributed by atoms with Crippen molar-refractivity contribution in [3.8, 4) is 45.4 Å². The van der Waals surface area contributed by atoms with Gasteiger partial charge in [0, 0.05) is 25.6 Å². The summed E-state index contributed by atoms with van der Waals surface area (Å²) in [6, 6.07) is 22.1. The Morgan fingerprint density at radius 1 is 0.690 bits per heavy atom. The third-order valence-electron chi connectivity index (χ3n) is 4.61. The van der Waals surface area contributed by atoms with Crippen molar-refractivity contribution < 1.29 is 9.47 Å². The first-order valence-corrected chi connectivity index (χ1v) is 10.5. The van der Waals surface area contributed by atoms with E-state index in [1.54, 1.807) is 14.2 Å². The third kappa shape index (κ3) is 4.09. The van der Waals surface area contributed by atoms with Gasteiger partial charge in [-0.3, -0.25) is 0 Å². The predicted molar refractivity (Wildman–Crippen MR) is 123 cm³/mol. The number of imidazole rings is 1. The van der Waals surface area contributed by atoms with Gasteiger partial charge in [0.2, 0.25) is 0 Å². The smallest absolute Gasteiger partial charge is 0.161 e. The molecule has 0 amide bonds. The number of hydrogen-bond donors (Lipinski definition) is 1. The molecule has 0 aliphatic rings. The maximum Gasteiger partial charge on any atom is 0.161 e. The van der Waals surface area contributed by atoms with Crippen molar-refractivity contribution in [3.63, 3.8) is 0 Å². The molecule has 1 heterocycles. The van der Waals surface area contributed by atoms with Gasteiger partial charge in [0.05, 0.1) is 25.6 Å². The minimum Gasteiger partial charge on any atom is -0.493 e. The minimum atomic E-state index is 0.664. The lowest BCUT2D eigenvalue weighted by Gasteiger charge is -2.08. The predicted octanol–water partition coefficient (Wildman–Crippen LogP) is 6.95. The zero-order chi connectivity index (χ0) is 20.4. The molecule has 4 aromatic rings. The largest absolute Gasteiger partial charge is 0.493 e. The Balaban J connectivity index is 1.87. The number of halogens is 2. The van der Waals surface area contributed by atoms with E-state index < -0.39 is 0 Å². The van der Waals surface area contributed by atoms with Crippen LogP contribution in [-0.2, 0) is 0 Å². The van der Waals surface area contributed by atoms with Gasteiger partial charge in [0.25, 0.3) is 0 Å². The highest BCUT2D eigenvalue weighted by Gasteiger charge is 2.16. The van der Waals surface area contributed by atoms with Crippen molar-refractivity contribution >= 4 is 31.9 Å². The number of benzene rings is 3. The number of nitrogens with one attached hydrogen (secondary N) is 1. The van der Waals surface area contributed by atoms with E-state index >= 15 is 0 Å². The van der Waals surface area contributed by atoms with Gasteiger partial charge in [-0.05, 0) is 42.5 Å². The van der Waals surface area contributed by atoms with Gasteiger partial charge < -0.3 is 14.5 Å². The second-order valence-electron chi connectivity index (χ2n) is 6.39. The Bertz CT molecular complexity index is 1070. The van der Waals surface area contributed by atoms with E-state index in [9.17, 15) is 0 Å².